The lowest BCUT2D eigenvalue weighted by molar-refractivity contribution is -0.0526. The third kappa shape index (κ3) is 1.94. The Bertz CT molecular complexity index is 644. The number of carboxylic acids is 1. The minimum atomic E-state index is -0.981. The fraction of sp³-hybridized carbons (Fsp3) is 0.267. The van der Waals surface area contributed by atoms with Gasteiger partial charge in [-0.15, -0.1) is 0 Å². The van der Waals surface area contributed by atoms with E-state index in [1.807, 2.05) is 24.3 Å². The van der Waals surface area contributed by atoms with Crippen molar-refractivity contribution in [2.24, 2.45) is 0 Å². The summed E-state index contributed by atoms with van der Waals surface area (Å²) in [6, 6.07) is 9.30. The monoisotopic (exact) mass is 258 g/mol. The lowest BCUT2D eigenvalue weighted by Gasteiger charge is -2.27. The van der Waals surface area contributed by atoms with Crippen molar-refractivity contribution < 1.29 is 19.4 Å². The molecule has 1 N–H and O–H groups in total. The molecule has 0 aromatic heterocycles. The molecule has 0 radical (unpaired) electrons. The molecular weight excluding hydrogens is 244 g/mol. The number of hydrogen-bond donors (Lipinski definition) is 1. The first-order chi connectivity index (χ1) is 9.20. The van der Waals surface area contributed by atoms with Gasteiger partial charge in [-0.2, -0.15) is 0 Å². The third-order valence-electron chi connectivity index (χ3n) is 3.50. The maximum absolute atomic E-state index is 11.2. The van der Waals surface area contributed by atoms with Gasteiger partial charge in [0, 0.05) is 11.8 Å². The highest BCUT2D eigenvalue weighted by Crippen LogP contribution is 2.35. The van der Waals surface area contributed by atoms with Crippen LogP contribution in [0.5, 0.6) is 5.75 Å². The molecule has 1 saturated heterocycles. The van der Waals surface area contributed by atoms with Gasteiger partial charge in [-0.3, -0.25) is 0 Å². The molecule has 0 spiro atoms. The average molecular weight is 258 g/mol. The molecule has 3 rings (SSSR count). The van der Waals surface area contributed by atoms with Crippen LogP contribution in [0.2, 0.25) is 0 Å². The summed E-state index contributed by atoms with van der Waals surface area (Å²) in [7, 11) is 1.49. The summed E-state index contributed by atoms with van der Waals surface area (Å²) in [5, 5.41) is 10.9. The van der Waals surface area contributed by atoms with E-state index >= 15 is 0 Å². The highest BCUT2D eigenvalue weighted by atomic mass is 16.5. The van der Waals surface area contributed by atoms with Crippen LogP contribution in [0.1, 0.15) is 28.4 Å². The Morgan fingerprint density at radius 3 is 2.74 bits per heavy atom. The van der Waals surface area contributed by atoms with Crippen molar-refractivity contribution in [3.05, 3.63) is 41.5 Å². The van der Waals surface area contributed by atoms with E-state index in [-0.39, 0.29) is 11.7 Å². The summed E-state index contributed by atoms with van der Waals surface area (Å²) < 4.78 is 10.7. The molecular formula is C15H14O4. The number of methoxy groups -OCH3 is 1. The second kappa shape index (κ2) is 4.55. The van der Waals surface area contributed by atoms with E-state index < -0.39 is 5.97 Å². The first-order valence-corrected chi connectivity index (χ1v) is 6.16. The molecule has 1 unspecified atom stereocenters. The number of carboxylic acid groups (broad SMARTS) is 1. The summed E-state index contributed by atoms with van der Waals surface area (Å²) in [5.74, 6) is -0.573. The smallest absolute Gasteiger partial charge is 0.339 e. The molecule has 19 heavy (non-hydrogen) atoms. The number of carbonyl (C=O) groups is 1. The highest BCUT2D eigenvalue weighted by molar-refractivity contribution is 6.00. The summed E-state index contributed by atoms with van der Waals surface area (Å²) in [6.45, 7) is 0.810. The molecule has 4 heteroatoms. The van der Waals surface area contributed by atoms with Crippen LogP contribution in [0.15, 0.2) is 30.3 Å². The Balaban J connectivity index is 2.15. The molecule has 0 bridgehead atoms. The van der Waals surface area contributed by atoms with Gasteiger partial charge in [0.25, 0.3) is 0 Å². The van der Waals surface area contributed by atoms with E-state index in [4.69, 9.17) is 14.6 Å². The first-order valence-electron chi connectivity index (χ1n) is 6.16. The second-order valence-electron chi connectivity index (χ2n) is 4.58. The summed E-state index contributed by atoms with van der Waals surface area (Å²) in [5.41, 5.74) is 1.31. The third-order valence-corrected chi connectivity index (χ3v) is 3.50. The number of rotatable bonds is 3. The maximum Gasteiger partial charge on any atom is 0.339 e. The second-order valence-corrected chi connectivity index (χ2v) is 4.58. The van der Waals surface area contributed by atoms with Gasteiger partial charge in [0.2, 0.25) is 0 Å². The molecule has 98 valence electrons. The van der Waals surface area contributed by atoms with Crippen molar-refractivity contribution >= 4 is 16.7 Å². The molecule has 2 aromatic carbocycles. The number of fused-ring (bicyclic) bond motifs is 1. The van der Waals surface area contributed by atoms with Crippen molar-refractivity contribution in [2.75, 3.05) is 13.7 Å². The summed E-state index contributed by atoms with van der Waals surface area (Å²) >= 11 is 0. The van der Waals surface area contributed by atoms with Gasteiger partial charge in [-0.05, 0) is 23.1 Å². The van der Waals surface area contributed by atoms with E-state index in [2.05, 4.69) is 0 Å². The standard InChI is InChI=1S/C15H14O4/c1-18-14-11-4-3-10(13-6-7-19-13)8-9(11)2-5-12(14)15(16)17/h2-5,8,13H,6-7H2,1H3,(H,16,17). The Labute approximate surface area is 110 Å². The molecule has 1 atom stereocenters. The van der Waals surface area contributed by atoms with E-state index in [1.54, 1.807) is 6.07 Å². The fourth-order valence-electron chi connectivity index (χ4n) is 2.41. The van der Waals surface area contributed by atoms with Crippen LogP contribution in [0.25, 0.3) is 10.8 Å². The molecule has 4 nitrogen and oxygen atoms in total. The lowest BCUT2D eigenvalue weighted by atomic mass is 9.98. The maximum atomic E-state index is 11.2. The zero-order valence-electron chi connectivity index (χ0n) is 10.6. The Morgan fingerprint density at radius 1 is 1.37 bits per heavy atom. The predicted octanol–water partition coefficient (Wildman–Crippen LogP) is 3.01. The van der Waals surface area contributed by atoms with Crippen molar-refractivity contribution in [3.8, 4) is 5.75 Å². The van der Waals surface area contributed by atoms with Gasteiger partial charge in [0.15, 0.2) is 0 Å². The highest BCUT2D eigenvalue weighted by Gasteiger charge is 2.21. The van der Waals surface area contributed by atoms with E-state index in [0.717, 1.165) is 29.4 Å². The molecule has 1 aliphatic heterocycles. The number of aromatic carboxylic acids is 1. The topological polar surface area (TPSA) is 55.8 Å². The molecule has 0 saturated carbocycles. The normalized spacial score (nSPS) is 18.1. The van der Waals surface area contributed by atoms with Crippen molar-refractivity contribution in [3.63, 3.8) is 0 Å². The molecule has 1 heterocycles. The predicted molar refractivity (Wildman–Crippen MR) is 70.8 cm³/mol. The minimum absolute atomic E-state index is 0.176. The zero-order chi connectivity index (χ0) is 13.4. The first kappa shape index (κ1) is 12.0. The van der Waals surface area contributed by atoms with Gasteiger partial charge >= 0.3 is 5.97 Å². The molecule has 1 fully saturated rings. The van der Waals surface area contributed by atoms with E-state index in [1.165, 1.54) is 7.11 Å². The van der Waals surface area contributed by atoms with Crippen molar-refractivity contribution in [1.82, 2.24) is 0 Å². The molecule has 0 amide bonds. The van der Waals surface area contributed by atoms with Gasteiger partial charge < -0.3 is 14.6 Å². The number of hydrogen-bond acceptors (Lipinski definition) is 3. The molecule has 0 aliphatic carbocycles. The van der Waals surface area contributed by atoms with Gasteiger partial charge in [-0.25, -0.2) is 4.79 Å². The van der Waals surface area contributed by atoms with E-state index in [9.17, 15) is 4.79 Å². The van der Waals surface area contributed by atoms with Crippen LogP contribution < -0.4 is 4.74 Å². The van der Waals surface area contributed by atoms with E-state index in [0.29, 0.717) is 5.75 Å². The quantitative estimate of drug-likeness (QED) is 0.919. The largest absolute Gasteiger partial charge is 0.495 e. The molecule has 2 aromatic rings. The van der Waals surface area contributed by atoms with Crippen LogP contribution in [0.3, 0.4) is 0 Å². The SMILES string of the molecule is COc1c(C(=O)O)ccc2cc(C3CCO3)ccc12. The Morgan fingerprint density at radius 2 is 2.16 bits per heavy atom. The summed E-state index contributed by atoms with van der Waals surface area (Å²) in [4.78, 5) is 11.2. The van der Waals surface area contributed by atoms with Crippen LogP contribution >= 0.6 is 0 Å². The van der Waals surface area contributed by atoms with Gasteiger partial charge in [0.1, 0.15) is 11.3 Å². The summed E-state index contributed by atoms with van der Waals surface area (Å²) in [6.07, 6.45) is 1.21. The Hall–Kier alpha value is -2.07. The van der Waals surface area contributed by atoms with Crippen LogP contribution in [0, 0.1) is 0 Å². The van der Waals surface area contributed by atoms with Gasteiger partial charge in [-0.1, -0.05) is 18.2 Å². The Kier molecular flexibility index (Phi) is 2.87. The minimum Gasteiger partial charge on any atom is -0.495 e. The number of benzene rings is 2. The average Bonchev–Trinajstić information content (AvgIpc) is 2.34. The van der Waals surface area contributed by atoms with Crippen LogP contribution in [0.4, 0.5) is 0 Å². The fourth-order valence-corrected chi connectivity index (χ4v) is 2.41. The van der Waals surface area contributed by atoms with Gasteiger partial charge in [0.05, 0.1) is 19.8 Å². The number of ether oxygens (including phenoxy) is 2. The van der Waals surface area contributed by atoms with Crippen LogP contribution in [-0.4, -0.2) is 24.8 Å². The molecule has 1 aliphatic rings. The van der Waals surface area contributed by atoms with Crippen molar-refractivity contribution in [2.45, 2.75) is 12.5 Å². The van der Waals surface area contributed by atoms with Crippen LogP contribution in [-0.2, 0) is 4.74 Å². The lowest BCUT2D eigenvalue weighted by Crippen LogP contribution is -2.18. The van der Waals surface area contributed by atoms with Crippen molar-refractivity contribution in [1.29, 1.82) is 0 Å². The zero-order valence-corrected chi connectivity index (χ0v) is 10.6.